The Morgan fingerprint density at radius 2 is 1.83 bits per heavy atom. The van der Waals surface area contributed by atoms with E-state index < -0.39 is 15.3 Å². The molecule has 2 N–H and O–H groups in total. The minimum atomic E-state index is -3.59. The van der Waals surface area contributed by atoms with Gasteiger partial charge in [-0.05, 0) is 18.6 Å². The number of para-hydroxylation sites is 2. The molecular formula is C10H15N2NaO3S2. The number of thiol groups is 1. The zero-order valence-electron chi connectivity index (χ0n) is 11.3. The van der Waals surface area contributed by atoms with Crippen LogP contribution in [0.25, 0.3) is 0 Å². The Labute approximate surface area is 136 Å². The number of fused-ring (bicyclic) bond motifs is 1. The third-order valence-electron chi connectivity index (χ3n) is 2.24. The van der Waals surface area contributed by atoms with Gasteiger partial charge in [-0.3, -0.25) is 0 Å². The monoisotopic (exact) mass is 298 g/mol. The SMILES string of the molecule is CCCS(=O)(=O)OC1(S)Nc2ccccc2N1.[H-].[Na+]. The molecule has 1 heterocycles. The first kappa shape index (κ1) is 16.1. The summed E-state index contributed by atoms with van der Waals surface area (Å²) in [6.45, 7) is 1.77. The molecule has 2 rings (SSSR count). The van der Waals surface area contributed by atoms with E-state index in [4.69, 9.17) is 4.18 Å². The van der Waals surface area contributed by atoms with Gasteiger partial charge < -0.3 is 12.1 Å². The maximum Gasteiger partial charge on any atom is 1.00 e. The maximum atomic E-state index is 11.6. The summed E-state index contributed by atoms with van der Waals surface area (Å²) in [6.07, 6.45) is 0.499. The predicted octanol–water partition coefficient (Wildman–Crippen LogP) is -1.06. The minimum absolute atomic E-state index is 0. The van der Waals surface area contributed by atoms with Crippen LogP contribution in [-0.4, -0.2) is 19.4 Å². The van der Waals surface area contributed by atoms with Gasteiger partial charge in [-0.25, -0.2) is 4.18 Å². The quantitative estimate of drug-likeness (QED) is 0.286. The molecule has 18 heavy (non-hydrogen) atoms. The van der Waals surface area contributed by atoms with Crippen LogP contribution in [0.2, 0.25) is 0 Å². The van der Waals surface area contributed by atoms with Crippen molar-refractivity contribution < 1.29 is 43.6 Å². The summed E-state index contributed by atoms with van der Waals surface area (Å²) in [6, 6.07) is 7.31. The molecule has 0 bridgehead atoms. The molecule has 5 nitrogen and oxygen atoms in total. The van der Waals surface area contributed by atoms with E-state index >= 15 is 0 Å². The molecule has 0 saturated heterocycles. The molecule has 0 spiro atoms. The molecule has 0 amide bonds. The molecule has 0 aromatic heterocycles. The number of anilines is 2. The number of rotatable bonds is 4. The number of benzene rings is 1. The topological polar surface area (TPSA) is 67.4 Å². The van der Waals surface area contributed by atoms with Crippen LogP contribution in [0.15, 0.2) is 24.3 Å². The summed E-state index contributed by atoms with van der Waals surface area (Å²) in [7, 11) is -3.59. The first-order valence-corrected chi connectivity index (χ1v) is 7.28. The van der Waals surface area contributed by atoms with Crippen LogP contribution in [-0.2, 0) is 14.3 Å². The fourth-order valence-electron chi connectivity index (χ4n) is 1.61. The maximum absolute atomic E-state index is 11.6. The van der Waals surface area contributed by atoms with Gasteiger partial charge in [-0.2, -0.15) is 8.42 Å². The molecule has 8 heteroatoms. The van der Waals surface area contributed by atoms with E-state index in [2.05, 4.69) is 23.3 Å². The van der Waals surface area contributed by atoms with Crippen molar-refractivity contribution in [1.29, 1.82) is 0 Å². The van der Waals surface area contributed by atoms with E-state index in [9.17, 15) is 8.42 Å². The van der Waals surface area contributed by atoms with Crippen molar-refractivity contribution in [3.05, 3.63) is 24.3 Å². The molecule has 1 aromatic rings. The summed E-state index contributed by atoms with van der Waals surface area (Å²) in [4.78, 5) is 0. The van der Waals surface area contributed by atoms with Gasteiger partial charge in [0.05, 0.1) is 17.1 Å². The van der Waals surface area contributed by atoms with E-state index in [1.165, 1.54) is 0 Å². The first-order valence-electron chi connectivity index (χ1n) is 5.25. The van der Waals surface area contributed by atoms with Crippen LogP contribution in [0, 0.1) is 0 Å². The average Bonchev–Trinajstić information content (AvgIpc) is 2.51. The van der Waals surface area contributed by atoms with E-state index in [1.54, 1.807) is 6.92 Å². The van der Waals surface area contributed by atoms with Gasteiger partial charge >= 0.3 is 29.6 Å². The van der Waals surface area contributed by atoms with Gasteiger partial charge in [0.15, 0.2) is 0 Å². The second-order valence-corrected chi connectivity index (χ2v) is 6.10. The van der Waals surface area contributed by atoms with Gasteiger partial charge in [-0.1, -0.05) is 31.7 Å². The summed E-state index contributed by atoms with van der Waals surface area (Å²) >= 11 is 4.19. The zero-order valence-corrected chi connectivity index (χ0v) is 14.0. The minimum Gasteiger partial charge on any atom is -1.00 e. The zero-order chi connectivity index (χ0) is 12.5. The Hall–Kier alpha value is 0.0800. The van der Waals surface area contributed by atoms with Crippen LogP contribution < -0.4 is 40.2 Å². The molecule has 0 unspecified atom stereocenters. The van der Waals surface area contributed by atoms with E-state index in [1.807, 2.05) is 24.3 Å². The van der Waals surface area contributed by atoms with E-state index in [0.717, 1.165) is 11.4 Å². The second-order valence-electron chi connectivity index (χ2n) is 3.78. The molecule has 1 aliphatic rings. The Balaban J connectivity index is 0.00000162. The van der Waals surface area contributed by atoms with Crippen LogP contribution >= 0.6 is 12.6 Å². The molecule has 0 radical (unpaired) electrons. The molecule has 0 aliphatic carbocycles. The van der Waals surface area contributed by atoms with Crippen molar-refractivity contribution >= 4 is 34.1 Å². The van der Waals surface area contributed by atoms with Crippen LogP contribution in [0.3, 0.4) is 0 Å². The van der Waals surface area contributed by atoms with Gasteiger partial charge in [0.2, 0.25) is 0 Å². The number of nitrogens with one attached hydrogen (secondary N) is 2. The number of hydrogen-bond acceptors (Lipinski definition) is 6. The second kappa shape index (κ2) is 6.02. The van der Waals surface area contributed by atoms with Gasteiger partial charge in [0.25, 0.3) is 15.3 Å². The predicted molar refractivity (Wildman–Crippen MR) is 71.7 cm³/mol. The van der Waals surface area contributed by atoms with Crippen molar-refractivity contribution in [1.82, 2.24) is 0 Å². The molecule has 96 valence electrons. The molecule has 0 saturated carbocycles. The standard InChI is InChI=1S/C10H14N2O3S2.Na.H/c1-2-7-17(13,14)15-10(16)11-8-5-3-4-6-9(8)12-10;;/h3-6,11-12,16H,2,7H2,1H3;;/q;+1;-1. The third-order valence-corrected chi connectivity index (χ3v) is 4.09. The molecule has 0 fully saturated rings. The molecule has 1 aliphatic heterocycles. The van der Waals surface area contributed by atoms with Crippen LogP contribution in [0.4, 0.5) is 11.4 Å². The van der Waals surface area contributed by atoms with Crippen molar-refractivity contribution in [3.63, 3.8) is 0 Å². The largest absolute Gasteiger partial charge is 1.00 e. The average molecular weight is 298 g/mol. The van der Waals surface area contributed by atoms with Crippen LogP contribution in [0.5, 0.6) is 0 Å². The summed E-state index contributed by atoms with van der Waals surface area (Å²) < 4.78 is 28.2. The van der Waals surface area contributed by atoms with Gasteiger partial charge in [-0.15, -0.1) is 0 Å². The molecule has 0 atom stereocenters. The van der Waals surface area contributed by atoms with E-state index in [-0.39, 0.29) is 36.7 Å². The first-order chi connectivity index (χ1) is 7.94. The summed E-state index contributed by atoms with van der Waals surface area (Å²) in [5, 5.41) is 4.35. The Kier molecular flexibility index (Phi) is 5.40. The molecular weight excluding hydrogens is 283 g/mol. The molecule has 1 aromatic carbocycles. The Morgan fingerprint density at radius 1 is 1.33 bits per heavy atom. The fraction of sp³-hybridized carbons (Fsp3) is 0.400. The van der Waals surface area contributed by atoms with Crippen LogP contribution in [0.1, 0.15) is 14.8 Å². The smallest absolute Gasteiger partial charge is 1.00 e. The normalized spacial score (nSPS) is 16.1. The fourth-order valence-corrected chi connectivity index (χ4v) is 3.23. The Bertz CT molecular complexity index is 502. The number of hydrogen-bond donors (Lipinski definition) is 3. The van der Waals surface area contributed by atoms with Gasteiger partial charge in [0.1, 0.15) is 0 Å². The Morgan fingerprint density at radius 3 is 2.28 bits per heavy atom. The third kappa shape index (κ3) is 3.79. The van der Waals surface area contributed by atoms with Gasteiger partial charge in [0, 0.05) is 0 Å². The summed E-state index contributed by atoms with van der Waals surface area (Å²) in [5.74, 6) is -0.0327. The van der Waals surface area contributed by atoms with Crippen molar-refractivity contribution in [2.75, 3.05) is 16.4 Å². The van der Waals surface area contributed by atoms with Crippen molar-refractivity contribution in [2.24, 2.45) is 0 Å². The summed E-state index contributed by atoms with van der Waals surface area (Å²) in [5.41, 5.74) is 1.52. The van der Waals surface area contributed by atoms with Crippen molar-refractivity contribution in [2.45, 2.75) is 18.5 Å². The van der Waals surface area contributed by atoms with Crippen molar-refractivity contribution in [3.8, 4) is 0 Å². The van der Waals surface area contributed by atoms with E-state index in [0.29, 0.717) is 6.42 Å².